The molecule has 3 aromatic carbocycles. The van der Waals surface area contributed by atoms with Gasteiger partial charge in [0.1, 0.15) is 5.75 Å². The molecule has 0 aliphatic carbocycles. The van der Waals surface area contributed by atoms with Crippen molar-refractivity contribution in [1.82, 2.24) is 9.13 Å². The van der Waals surface area contributed by atoms with Crippen molar-refractivity contribution in [2.24, 2.45) is 4.99 Å². The van der Waals surface area contributed by atoms with Crippen LogP contribution in [-0.4, -0.2) is 28.3 Å². The molecule has 5 aromatic rings. The number of esters is 1. The van der Waals surface area contributed by atoms with E-state index >= 15 is 0 Å². The molecule has 0 fully saturated rings. The normalized spacial score (nSPS) is 15.0. The number of hydrogen-bond donors (Lipinski definition) is 0. The van der Waals surface area contributed by atoms with E-state index < -0.39 is 12.0 Å². The molecule has 0 saturated carbocycles. The SMILES string of the molecule is CCOC(=O)C1=C(C)N=c2s/c(=C\c3cn(Cc4ccc(Br)cc4)c4ccccc34)c(=O)n2[C@H]1c1ccc(OCC)cc1. The van der Waals surface area contributed by atoms with Gasteiger partial charge in [-0.25, -0.2) is 9.79 Å². The van der Waals surface area contributed by atoms with Crippen LogP contribution in [0.1, 0.15) is 43.5 Å². The molecule has 0 radical (unpaired) electrons. The zero-order chi connectivity index (χ0) is 30.1. The highest BCUT2D eigenvalue weighted by atomic mass is 79.9. The lowest BCUT2D eigenvalue weighted by molar-refractivity contribution is -0.139. The number of benzene rings is 3. The Labute approximate surface area is 261 Å². The Morgan fingerprint density at radius 2 is 1.77 bits per heavy atom. The van der Waals surface area contributed by atoms with Crippen LogP contribution in [0.2, 0.25) is 0 Å². The van der Waals surface area contributed by atoms with Gasteiger partial charge in [0.05, 0.1) is 35.1 Å². The number of halogens is 1. The molecule has 0 N–H and O–H groups in total. The van der Waals surface area contributed by atoms with E-state index in [1.54, 1.807) is 18.4 Å². The van der Waals surface area contributed by atoms with Gasteiger partial charge < -0.3 is 14.0 Å². The van der Waals surface area contributed by atoms with Crippen LogP contribution < -0.4 is 19.6 Å². The molecule has 0 unspecified atom stereocenters. The lowest BCUT2D eigenvalue weighted by Crippen LogP contribution is -2.39. The third kappa shape index (κ3) is 5.62. The van der Waals surface area contributed by atoms with Gasteiger partial charge in [-0.1, -0.05) is 69.7 Å². The molecule has 0 bridgehead atoms. The van der Waals surface area contributed by atoms with Crippen LogP contribution in [0.4, 0.5) is 0 Å². The van der Waals surface area contributed by atoms with Gasteiger partial charge in [0.2, 0.25) is 0 Å². The average Bonchev–Trinajstić information content (AvgIpc) is 3.50. The average molecular weight is 657 g/mol. The van der Waals surface area contributed by atoms with Crippen molar-refractivity contribution in [3.63, 3.8) is 0 Å². The number of aromatic nitrogens is 2. The summed E-state index contributed by atoms with van der Waals surface area (Å²) in [4.78, 5) is 32.6. The first-order chi connectivity index (χ1) is 20.9. The Morgan fingerprint density at radius 3 is 2.49 bits per heavy atom. The Hall–Kier alpha value is -4.21. The maximum atomic E-state index is 14.1. The molecule has 7 nitrogen and oxygen atoms in total. The smallest absolute Gasteiger partial charge is 0.338 e. The van der Waals surface area contributed by atoms with Crippen LogP contribution in [0.5, 0.6) is 5.75 Å². The lowest BCUT2D eigenvalue weighted by Gasteiger charge is -2.24. The van der Waals surface area contributed by atoms with E-state index in [9.17, 15) is 9.59 Å². The van der Waals surface area contributed by atoms with E-state index in [0.717, 1.165) is 32.3 Å². The number of nitrogens with zero attached hydrogens (tertiary/aromatic N) is 3. The minimum Gasteiger partial charge on any atom is -0.494 e. The fourth-order valence-corrected chi connectivity index (χ4v) is 6.77. The molecule has 1 aliphatic heterocycles. The second kappa shape index (κ2) is 12.2. The predicted octanol–water partition coefficient (Wildman–Crippen LogP) is 5.96. The van der Waals surface area contributed by atoms with Crippen molar-refractivity contribution in [1.29, 1.82) is 0 Å². The third-order valence-electron chi connectivity index (χ3n) is 7.40. The summed E-state index contributed by atoms with van der Waals surface area (Å²) >= 11 is 4.83. The van der Waals surface area contributed by atoms with E-state index in [2.05, 4.69) is 51.0 Å². The van der Waals surface area contributed by atoms with Crippen LogP contribution in [-0.2, 0) is 16.1 Å². The van der Waals surface area contributed by atoms with E-state index in [4.69, 9.17) is 14.5 Å². The third-order valence-corrected chi connectivity index (χ3v) is 8.91. The summed E-state index contributed by atoms with van der Waals surface area (Å²) < 4.78 is 16.4. The number of ether oxygens (including phenoxy) is 2. The van der Waals surface area contributed by atoms with Crippen LogP contribution in [0.15, 0.2) is 105 Å². The molecular formula is C34H30BrN3O4S. The number of allylic oxidation sites excluding steroid dienone is 1. The van der Waals surface area contributed by atoms with Crippen LogP contribution in [0, 0.1) is 0 Å². The first kappa shape index (κ1) is 28.9. The molecule has 0 amide bonds. The second-order valence-electron chi connectivity index (χ2n) is 10.2. The summed E-state index contributed by atoms with van der Waals surface area (Å²) in [6, 6.07) is 23.3. The maximum Gasteiger partial charge on any atom is 0.338 e. The fourth-order valence-electron chi connectivity index (χ4n) is 5.47. The van der Waals surface area contributed by atoms with Crippen LogP contribution >= 0.6 is 27.3 Å². The standard InChI is InChI=1S/C34H30BrN3O4S/c1-4-41-26-16-12-23(13-17-26)31-30(33(40)42-5-2)21(3)36-34-38(31)32(39)29(43-34)18-24-20-37(28-9-7-6-8-27(24)28)19-22-10-14-25(35)15-11-22/h6-18,20,31H,4-5,19H2,1-3H3/b29-18-/t31-/m0/s1. The van der Waals surface area contributed by atoms with Gasteiger partial charge >= 0.3 is 5.97 Å². The number of carbonyl (C=O) groups is 1. The van der Waals surface area contributed by atoms with E-state index in [-0.39, 0.29) is 12.2 Å². The summed E-state index contributed by atoms with van der Waals surface area (Å²) in [6.45, 7) is 6.95. The van der Waals surface area contributed by atoms with Crippen molar-refractivity contribution >= 4 is 50.2 Å². The molecule has 0 spiro atoms. The Balaban J connectivity index is 1.49. The van der Waals surface area contributed by atoms with E-state index in [0.29, 0.717) is 33.8 Å². The summed E-state index contributed by atoms with van der Waals surface area (Å²) in [6.07, 6.45) is 4.02. The molecule has 43 heavy (non-hydrogen) atoms. The number of hydrogen-bond acceptors (Lipinski definition) is 6. The Kier molecular flexibility index (Phi) is 8.19. The van der Waals surface area contributed by atoms with Gasteiger partial charge in [-0.05, 0) is 68.3 Å². The molecule has 3 heterocycles. The Morgan fingerprint density at radius 1 is 1.02 bits per heavy atom. The molecule has 218 valence electrons. The highest BCUT2D eigenvalue weighted by molar-refractivity contribution is 9.10. The molecule has 6 rings (SSSR count). The Bertz CT molecular complexity index is 2040. The molecule has 9 heteroatoms. The molecular weight excluding hydrogens is 626 g/mol. The number of thiazole rings is 1. The monoisotopic (exact) mass is 655 g/mol. The van der Waals surface area contributed by atoms with Gasteiger partial charge in [0.25, 0.3) is 5.56 Å². The first-order valence-electron chi connectivity index (χ1n) is 14.1. The predicted molar refractivity (Wildman–Crippen MR) is 173 cm³/mol. The summed E-state index contributed by atoms with van der Waals surface area (Å²) in [5, 5.41) is 1.05. The van der Waals surface area contributed by atoms with Gasteiger partial charge in [0.15, 0.2) is 4.80 Å². The number of carbonyl (C=O) groups excluding carboxylic acids is 1. The topological polar surface area (TPSA) is 74.8 Å². The zero-order valence-electron chi connectivity index (χ0n) is 24.0. The maximum absolute atomic E-state index is 14.1. The van der Waals surface area contributed by atoms with Crippen molar-refractivity contribution in [3.05, 3.63) is 131 Å². The number of fused-ring (bicyclic) bond motifs is 2. The van der Waals surface area contributed by atoms with Crippen molar-refractivity contribution < 1.29 is 14.3 Å². The molecule has 0 saturated heterocycles. The largest absolute Gasteiger partial charge is 0.494 e. The minimum absolute atomic E-state index is 0.207. The highest BCUT2D eigenvalue weighted by Gasteiger charge is 2.33. The molecule has 2 aromatic heterocycles. The van der Waals surface area contributed by atoms with Gasteiger partial charge in [0, 0.05) is 33.7 Å². The molecule has 1 atom stereocenters. The first-order valence-corrected chi connectivity index (χ1v) is 15.7. The summed E-state index contributed by atoms with van der Waals surface area (Å²) in [5.41, 5.74) is 4.66. The van der Waals surface area contributed by atoms with Gasteiger partial charge in [-0.2, -0.15) is 0 Å². The van der Waals surface area contributed by atoms with Gasteiger partial charge in [-0.3, -0.25) is 9.36 Å². The van der Waals surface area contributed by atoms with E-state index in [1.165, 1.54) is 16.9 Å². The number of para-hydroxylation sites is 1. The van der Waals surface area contributed by atoms with Crippen molar-refractivity contribution in [3.8, 4) is 5.75 Å². The fraction of sp³-hybridized carbons (Fsp3) is 0.206. The van der Waals surface area contributed by atoms with Crippen molar-refractivity contribution in [2.45, 2.75) is 33.4 Å². The highest BCUT2D eigenvalue weighted by Crippen LogP contribution is 2.32. The summed E-state index contributed by atoms with van der Waals surface area (Å²) in [5.74, 6) is 0.240. The number of rotatable bonds is 8. The second-order valence-corrected chi connectivity index (χ2v) is 12.1. The lowest BCUT2D eigenvalue weighted by atomic mass is 9.96. The van der Waals surface area contributed by atoms with E-state index in [1.807, 2.05) is 61.5 Å². The zero-order valence-corrected chi connectivity index (χ0v) is 26.4. The van der Waals surface area contributed by atoms with Crippen LogP contribution in [0.3, 0.4) is 0 Å². The van der Waals surface area contributed by atoms with Crippen LogP contribution in [0.25, 0.3) is 17.0 Å². The summed E-state index contributed by atoms with van der Waals surface area (Å²) in [7, 11) is 0. The van der Waals surface area contributed by atoms with Crippen molar-refractivity contribution in [2.75, 3.05) is 13.2 Å². The quantitative estimate of drug-likeness (QED) is 0.193. The van der Waals surface area contributed by atoms with Gasteiger partial charge in [-0.15, -0.1) is 0 Å². The molecule has 1 aliphatic rings. The minimum atomic E-state index is -0.674.